The molecule has 0 bridgehead atoms. The molecule has 1 aliphatic rings. The van der Waals surface area contributed by atoms with E-state index in [2.05, 4.69) is 29.8 Å². The number of hydrogen-bond acceptors (Lipinski definition) is 2. The molecule has 86 valence electrons. The van der Waals surface area contributed by atoms with Crippen LogP contribution in [-0.2, 0) is 0 Å². The number of carbonyl (C=O) groups excluding carboxylic acids is 1. The third-order valence-electron chi connectivity index (χ3n) is 2.69. The zero-order valence-corrected chi connectivity index (χ0v) is 11.1. The summed E-state index contributed by atoms with van der Waals surface area (Å²) in [5.74, 6) is 1.46. The summed E-state index contributed by atoms with van der Waals surface area (Å²) in [6.45, 7) is 4.29. The summed E-state index contributed by atoms with van der Waals surface area (Å²) in [5, 5.41) is 0. The molecule has 2 rings (SSSR count). The third-order valence-corrected chi connectivity index (χ3v) is 3.18. The third kappa shape index (κ3) is 2.46. The number of carbonyl (C=O) groups is 1. The molecule has 16 heavy (non-hydrogen) atoms. The Labute approximate surface area is 104 Å². The molecule has 1 aromatic carbocycles. The molecule has 1 aromatic rings. The lowest BCUT2D eigenvalue weighted by atomic mass is 9.95. The van der Waals surface area contributed by atoms with Crippen LogP contribution in [0.5, 0.6) is 5.75 Å². The van der Waals surface area contributed by atoms with Crippen LogP contribution in [0, 0.1) is 5.92 Å². The maximum Gasteiger partial charge on any atom is 0.170 e. The SMILES string of the molecule is CC(C)CC1CC(=O)c2ccc(Br)cc2O1. The van der Waals surface area contributed by atoms with E-state index in [0.717, 1.165) is 16.6 Å². The van der Waals surface area contributed by atoms with Gasteiger partial charge in [-0.1, -0.05) is 29.8 Å². The molecule has 0 N–H and O–H groups in total. The maximum atomic E-state index is 11.9. The van der Waals surface area contributed by atoms with Gasteiger partial charge in [-0.05, 0) is 30.5 Å². The predicted octanol–water partition coefficient (Wildman–Crippen LogP) is 3.83. The first-order chi connectivity index (χ1) is 7.56. The number of Topliss-reactive ketones (excluding diaryl/α,β-unsaturated/α-hetero) is 1. The zero-order chi connectivity index (χ0) is 11.7. The van der Waals surface area contributed by atoms with Crippen molar-refractivity contribution in [3.8, 4) is 5.75 Å². The van der Waals surface area contributed by atoms with Crippen molar-refractivity contribution in [2.45, 2.75) is 32.8 Å². The van der Waals surface area contributed by atoms with Gasteiger partial charge >= 0.3 is 0 Å². The van der Waals surface area contributed by atoms with Gasteiger partial charge < -0.3 is 4.74 Å². The van der Waals surface area contributed by atoms with E-state index in [1.54, 1.807) is 0 Å². The monoisotopic (exact) mass is 282 g/mol. The van der Waals surface area contributed by atoms with E-state index < -0.39 is 0 Å². The molecule has 1 heterocycles. The van der Waals surface area contributed by atoms with Crippen molar-refractivity contribution in [1.29, 1.82) is 0 Å². The van der Waals surface area contributed by atoms with Gasteiger partial charge in [-0.25, -0.2) is 0 Å². The smallest absolute Gasteiger partial charge is 0.170 e. The zero-order valence-electron chi connectivity index (χ0n) is 9.50. The number of benzene rings is 1. The summed E-state index contributed by atoms with van der Waals surface area (Å²) in [7, 11) is 0. The number of ether oxygens (including phenoxy) is 1. The van der Waals surface area contributed by atoms with Crippen LogP contribution >= 0.6 is 15.9 Å². The molecule has 1 unspecified atom stereocenters. The summed E-state index contributed by atoms with van der Waals surface area (Å²) in [6.07, 6.45) is 1.47. The lowest BCUT2D eigenvalue weighted by molar-refractivity contribution is 0.0820. The fourth-order valence-electron chi connectivity index (χ4n) is 2.02. The fourth-order valence-corrected chi connectivity index (χ4v) is 2.36. The minimum Gasteiger partial charge on any atom is -0.489 e. The van der Waals surface area contributed by atoms with Crippen molar-refractivity contribution >= 4 is 21.7 Å². The Bertz CT molecular complexity index is 412. The van der Waals surface area contributed by atoms with Gasteiger partial charge in [0.2, 0.25) is 0 Å². The Morgan fingerprint density at radius 3 is 2.94 bits per heavy atom. The second kappa shape index (κ2) is 4.58. The first-order valence-electron chi connectivity index (χ1n) is 5.55. The van der Waals surface area contributed by atoms with E-state index in [1.165, 1.54) is 0 Å². The van der Waals surface area contributed by atoms with Crippen molar-refractivity contribution in [2.24, 2.45) is 5.92 Å². The molecule has 3 heteroatoms. The van der Waals surface area contributed by atoms with Gasteiger partial charge in [0.1, 0.15) is 11.9 Å². The van der Waals surface area contributed by atoms with Gasteiger partial charge in [-0.2, -0.15) is 0 Å². The molecule has 0 radical (unpaired) electrons. The average molecular weight is 283 g/mol. The van der Waals surface area contributed by atoms with Crippen LogP contribution < -0.4 is 4.74 Å². The van der Waals surface area contributed by atoms with Gasteiger partial charge in [-0.3, -0.25) is 4.79 Å². The van der Waals surface area contributed by atoms with Crippen molar-refractivity contribution in [3.05, 3.63) is 28.2 Å². The highest BCUT2D eigenvalue weighted by molar-refractivity contribution is 9.10. The van der Waals surface area contributed by atoms with E-state index in [0.29, 0.717) is 17.9 Å². The highest BCUT2D eigenvalue weighted by atomic mass is 79.9. The normalized spacial score (nSPS) is 19.5. The van der Waals surface area contributed by atoms with E-state index >= 15 is 0 Å². The van der Waals surface area contributed by atoms with Gasteiger partial charge in [0.05, 0.1) is 5.56 Å². The molecular weight excluding hydrogens is 268 g/mol. The maximum absolute atomic E-state index is 11.9. The van der Waals surface area contributed by atoms with Crippen LogP contribution in [-0.4, -0.2) is 11.9 Å². The Kier molecular flexibility index (Phi) is 3.33. The molecule has 0 aliphatic carbocycles. The minimum absolute atomic E-state index is 0.0364. The quantitative estimate of drug-likeness (QED) is 0.824. The summed E-state index contributed by atoms with van der Waals surface area (Å²) in [6, 6.07) is 5.58. The highest BCUT2D eigenvalue weighted by Gasteiger charge is 2.26. The number of ketones is 1. The predicted molar refractivity (Wildman–Crippen MR) is 67.0 cm³/mol. The standard InChI is InChI=1S/C13H15BrO2/c1-8(2)5-10-7-12(15)11-4-3-9(14)6-13(11)16-10/h3-4,6,8,10H,5,7H2,1-2H3. The van der Waals surface area contributed by atoms with Crippen molar-refractivity contribution in [3.63, 3.8) is 0 Å². The van der Waals surface area contributed by atoms with Crippen molar-refractivity contribution in [1.82, 2.24) is 0 Å². The first kappa shape index (κ1) is 11.6. The van der Waals surface area contributed by atoms with E-state index in [1.807, 2.05) is 18.2 Å². The van der Waals surface area contributed by atoms with Crippen LogP contribution in [0.2, 0.25) is 0 Å². The van der Waals surface area contributed by atoms with E-state index in [9.17, 15) is 4.79 Å². The first-order valence-corrected chi connectivity index (χ1v) is 6.35. The van der Waals surface area contributed by atoms with Crippen LogP contribution in [0.25, 0.3) is 0 Å². The van der Waals surface area contributed by atoms with Gasteiger partial charge in [-0.15, -0.1) is 0 Å². The molecule has 2 nitrogen and oxygen atoms in total. The molecule has 1 atom stereocenters. The highest BCUT2D eigenvalue weighted by Crippen LogP contribution is 2.32. The lowest BCUT2D eigenvalue weighted by Crippen LogP contribution is -2.28. The Hall–Kier alpha value is -0.830. The van der Waals surface area contributed by atoms with Crippen molar-refractivity contribution < 1.29 is 9.53 Å². The Balaban J connectivity index is 2.24. The second-order valence-corrected chi connectivity index (χ2v) is 5.55. The van der Waals surface area contributed by atoms with Crippen LogP contribution in [0.1, 0.15) is 37.0 Å². The molecule has 0 amide bonds. The lowest BCUT2D eigenvalue weighted by Gasteiger charge is -2.26. The van der Waals surface area contributed by atoms with Crippen LogP contribution in [0.4, 0.5) is 0 Å². The molecule has 0 aromatic heterocycles. The number of rotatable bonds is 2. The summed E-state index contributed by atoms with van der Waals surface area (Å²) in [4.78, 5) is 11.9. The molecule has 1 aliphatic heterocycles. The Morgan fingerprint density at radius 2 is 2.25 bits per heavy atom. The molecule has 0 fully saturated rings. The topological polar surface area (TPSA) is 26.3 Å². The minimum atomic E-state index is 0.0364. The number of halogens is 1. The fraction of sp³-hybridized carbons (Fsp3) is 0.462. The largest absolute Gasteiger partial charge is 0.489 e. The van der Waals surface area contributed by atoms with Crippen LogP contribution in [0.15, 0.2) is 22.7 Å². The van der Waals surface area contributed by atoms with Crippen molar-refractivity contribution in [2.75, 3.05) is 0 Å². The van der Waals surface area contributed by atoms with Crippen LogP contribution in [0.3, 0.4) is 0 Å². The summed E-state index contributed by atoms with van der Waals surface area (Å²) < 4.78 is 6.79. The molecule has 0 saturated carbocycles. The average Bonchev–Trinajstić information content (AvgIpc) is 2.15. The van der Waals surface area contributed by atoms with E-state index in [4.69, 9.17) is 4.74 Å². The molecular formula is C13H15BrO2. The Morgan fingerprint density at radius 1 is 1.50 bits per heavy atom. The molecule has 0 spiro atoms. The summed E-state index contributed by atoms with van der Waals surface area (Å²) in [5.41, 5.74) is 0.711. The van der Waals surface area contributed by atoms with Gasteiger partial charge in [0.15, 0.2) is 5.78 Å². The number of fused-ring (bicyclic) bond motifs is 1. The summed E-state index contributed by atoms with van der Waals surface area (Å²) >= 11 is 3.39. The second-order valence-electron chi connectivity index (χ2n) is 4.64. The van der Waals surface area contributed by atoms with Gasteiger partial charge in [0.25, 0.3) is 0 Å². The number of hydrogen-bond donors (Lipinski definition) is 0. The van der Waals surface area contributed by atoms with E-state index in [-0.39, 0.29) is 11.9 Å². The van der Waals surface area contributed by atoms with Gasteiger partial charge in [0, 0.05) is 10.9 Å². The molecule has 0 saturated heterocycles.